The topological polar surface area (TPSA) is 65.1 Å². The van der Waals surface area contributed by atoms with Crippen LogP contribution in [0.15, 0.2) is 78.2 Å². The summed E-state index contributed by atoms with van der Waals surface area (Å²) in [7, 11) is 2.45. The van der Waals surface area contributed by atoms with E-state index in [4.69, 9.17) is 37.4 Å². The minimum absolute atomic E-state index is 0.0121. The van der Waals surface area contributed by atoms with Crippen molar-refractivity contribution in [1.29, 1.82) is 0 Å². The molecule has 2 aromatic carbocycles. The quantitative estimate of drug-likeness (QED) is 0.583. The molecule has 8 heteroatoms. The minimum atomic E-state index is -0.740. The van der Waals surface area contributed by atoms with Gasteiger partial charge in [-0.05, 0) is 42.5 Å². The number of carbonyl (C=O) groups is 2. The largest absolute Gasteiger partial charge is 0.465 e. The van der Waals surface area contributed by atoms with Gasteiger partial charge >= 0.3 is 11.9 Å². The molecule has 0 N–H and O–H groups in total. The molecule has 1 heterocycles. The molecule has 0 atom stereocenters. The Hall–Kier alpha value is -3.22. The highest BCUT2D eigenvalue weighted by molar-refractivity contribution is 6.32. The number of benzene rings is 2. The summed E-state index contributed by atoms with van der Waals surface area (Å²) in [6.07, 6.45) is 6.31. The van der Waals surface area contributed by atoms with E-state index >= 15 is 0 Å². The number of para-hydroxylation sites is 1. The first kappa shape index (κ1) is 21.5. The lowest BCUT2D eigenvalue weighted by atomic mass is 10.1. The van der Waals surface area contributed by atoms with Crippen LogP contribution in [0.3, 0.4) is 0 Å². The van der Waals surface area contributed by atoms with Crippen LogP contribution in [-0.4, -0.2) is 26.2 Å². The van der Waals surface area contributed by atoms with Crippen molar-refractivity contribution >= 4 is 40.8 Å². The van der Waals surface area contributed by atoms with Crippen molar-refractivity contribution in [1.82, 2.24) is 0 Å². The van der Waals surface area contributed by atoms with E-state index in [1.54, 1.807) is 60.8 Å². The van der Waals surface area contributed by atoms with Gasteiger partial charge in [-0.2, -0.15) is 0 Å². The van der Waals surface area contributed by atoms with Gasteiger partial charge < -0.3 is 19.1 Å². The second kappa shape index (κ2) is 9.52. The Kier molecular flexibility index (Phi) is 6.82. The van der Waals surface area contributed by atoms with Crippen molar-refractivity contribution in [3.05, 3.63) is 88.2 Å². The highest BCUT2D eigenvalue weighted by Crippen LogP contribution is 2.39. The number of rotatable bonds is 5. The molecule has 6 nitrogen and oxygen atoms in total. The van der Waals surface area contributed by atoms with E-state index in [1.807, 2.05) is 0 Å². The summed E-state index contributed by atoms with van der Waals surface area (Å²) in [4.78, 5) is 26.5. The number of hydrogen-bond donors (Lipinski definition) is 0. The lowest BCUT2D eigenvalue weighted by Gasteiger charge is -2.25. The van der Waals surface area contributed by atoms with E-state index < -0.39 is 11.9 Å². The second-order valence-corrected chi connectivity index (χ2v) is 6.80. The van der Waals surface area contributed by atoms with Crippen molar-refractivity contribution in [3.63, 3.8) is 0 Å². The van der Waals surface area contributed by atoms with Crippen molar-refractivity contribution in [3.8, 4) is 11.5 Å². The number of hydrogen-bond acceptors (Lipinski definition) is 6. The lowest BCUT2D eigenvalue weighted by Crippen LogP contribution is -2.27. The SMILES string of the molecule is COC(=O)C1=C(C(=O)OC)N(c2cc(Cl)ccc2Oc2ccccc2Cl)C=CC=C1. The van der Waals surface area contributed by atoms with Crippen LogP contribution in [0.4, 0.5) is 5.69 Å². The molecule has 30 heavy (non-hydrogen) atoms. The third-order valence-corrected chi connectivity index (χ3v) is 4.67. The number of esters is 2. The molecule has 1 aliphatic rings. The Balaban J connectivity index is 2.19. The maximum atomic E-state index is 12.7. The predicted molar refractivity (Wildman–Crippen MR) is 115 cm³/mol. The summed E-state index contributed by atoms with van der Waals surface area (Å²) in [5.41, 5.74) is 0.350. The van der Waals surface area contributed by atoms with Crippen LogP contribution in [-0.2, 0) is 19.1 Å². The van der Waals surface area contributed by atoms with Gasteiger partial charge in [0.15, 0.2) is 5.75 Å². The van der Waals surface area contributed by atoms with Gasteiger partial charge in [-0.25, -0.2) is 9.59 Å². The highest BCUT2D eigenvalue weighted by atomic mass is 35.5. The summed E-state index contributed by atoms with van der Waals surface area (Å²) in [6, 6.07) is 11.8. The van der Waals surface area contributed by atoms with E-state index in [1.165, 1.54) is 25.2 Å². The summed E-state index contributed by atoms with van der Waals surface area (Å²) in [5, 5.41) is 0.802. The van der Waals surface area contributed by atoms with Crippen LogP contribution in [0.2, 0.25) is 10.0 Å². The van der Waals surface area contributed by atoms with E-state index in [0.717, 1.165) is 0 Å². The fraction of sp³-hybridized carbons (Fsp3) is 0.0909. The first-order chi connectivity index (χ1) is 14.5. The molecular formula is C22H17Cl2NO5. The Labute approximate surface area is 183 Å². The Morgan fingerprint density at radius 3 is 2.33 bits per heavy atom. The molecule has 3 rings (SSSR count). The van der Waals surface area contributed by atoms with Crippen molar-refractivity contribution in [2.45, 2.75) is 0 Å². The van der Waals surface area contributed by atoms with E-state index in [-0.39, 0.29) is 11.3 Å². The van der Waals surface area contributed by atoms with Gasteiger partial charge in [0.25, 0.3) is 0 Å². The molecule has 0 aromatic heterocycles. The van der Waals surface area contributed by atoms with Crippen LogP contribution < -0.4 is 9.64 Å². The molecule has 154 valence electrons. The molecule has 0 radical (unpaired) electrons. The average molecular weight is 446 g/mol. The van der Waals surface area contributed by atoms with Crippen molar-refractivity contribution in [2.75, 3.05) is 19.1 Å². The number of anilines is 1. The fourth-order valence-electron chi connectivity index (χ4n) is 2.76. The molecule has 0 aliphatic carbocycles. The van der Waals surface area contributed by atoms with Crippen LogP contribution >= 0.6 is 23.2 Å². The maximum Gasteiger partial charge on any atom is 0.355 e. The summed E-state index contributed by atoms with van der Waals surface area (Å²) in [5.74, 6) is -0.674. The number of halogens is 2. The number of methoxy groups -OCH3 is 2. The van der Waals surface area contributed by atoms with E-state index in [9.17, 15) is 9.59 Å². The van der Waals surface area contributed by atoms with Crippen LogP contribution in [0, 0.1) is 0 Å². The lowest BCUT2D eigenvalue weighted by molar-refractivity contribution is -0.139. The predicted octanol–water partition coefficient (Wildman–Crippen LogP) is 5.28. The number of nitrogens with zero attached hydrogens (tertiary/aromatic N) is 1. The molecule has 0 saturated carbocycles. The van der Waals surface area contributed by atoms with Gasteiger partial charge in [-0.3, -0.25) is 0 Å². The molecule has 1 aliphatic heterocycles. The van der Waals surface area contributed by atoms with Crippen molar-refractivity contribution < 1.29 is 23.8 Å². The molecular weight excluding hydrogens is 429 g/mol. The zero-order valence-corrected chi connectivity index (χ0v) is 17.6. The zero-order valence-electron chi connectivity index (χ0n) is 16.1. The van der Waals surface area contributed by atoms with Crippen molar-refractivity contribution in [2.24, 2.45) is 0 Å². The number of carbonyl (C=O) groups excluding carboxylic acids is 2. The third kappa shape index (κ3) is 4.50. The Bertz CT molecular complexity index is 1070. The number of ether oxygens (including phenoxy) is 3. The second-order valence-electron chi connectivity index (χ2n) is 5.96. The normalized spacial score (nSPS) is 13.1. The summed E-state index contributed by atoms with van der Waals surface area (Å²) >= 11 is 12.4. The molecule has 2 aromatic rings. The Morgan fingerprint density at radius 2 is 1.63 bits per heavy atom. The summed E-state index contributed by atoms with van der Waals surface area (Å²) in [6.45, 7) is 0. The van der Waals surface area contributed by atoms with E-state index in [0.29, 0.717) is 27.2 Å². The molecule has 0 saturated heterocycles. The van der Waals surface area contributed by atoms with Crippen LogP contribution in [0.5, 0.6) is 11.5 Å². The highest BCUT2D eigenvalue weighted by Gasteiger charge is 2.29. The first-order valence-corrected chi connectivity index (χ1v) is 9.48. The van der Waals surface area contributed by atoms with Gasteiger partial charge in [0.2, 0.25) is 0 Å². The monoisotopic (exact) mass is 445 g/mol. The smallest absolute Gasteiger partial charge is 0.355 e. The van der Waals surface area contributed by atoms with Crippen LogP contribution in [0.25, 0.3) is 0 Å². The van der Waals surface area contributed by atoms with E-state index in [2.05, 4.69) is 0 Å². The van der Waals surface area contributed by atoms with Gasteiger partial charge in [-0.1, -0.05) is 41.4 Å². The van der Waals surface area contributed by atoms with Gasteiger partial charge in [0.1, 0.15) is 11.4 Å². The molecule has 0 fully saturated rings. The molecule has 0 unspecified atom stereocenters. The van der Waals surface area contributed by atoms with Gasteiger partial charge in [0.05, 0.1) is 30.5 Å². The first-order valence-electron chi connectivity index (χ1n) is 8.73. The molecule has 0 spiro atoms. The minimum Gasteiger partial charge on any atom is -0.465 e. The van der Waals surface area contributed by atoms with Crippen LogP contribution in [0.1, 0.15) is 0 Å². The third-order valence-electron chi connectivity index (χ3n) is 4.13. The fourth-order valence-corrected chi connectivity index (χ4v) is 3.10. The van der Waals surface area contributed by atoms with Gasteiger partial charge in [0, 0.05) is 11.2 Å². The molecule has 0 bridgehead atoms. The Morgan fingerprint density at radius 1 is 0.900 bits per heavy atom. The zero-order chi connectivity index (χ0) is 21.7. The standard InChI is InChI=1S/C22H17Cl2NO5/c1-28-21(26)15-7-5-6-12-25(20(15)22(27)29-2)17-13-14(23)10-11-19(17)30-18-9-4-3-8-16(18)24/h3-13H,1-2H3. The number of allylic oxidation sites excluding steroid dienone is 2. The maximum absolute atomic E-state index is 12.7. The average Bonchev–Trinajstić information content (AvgIpc) is 2.98. The summed E-state index contributed by atoms with van der Waals surface area (Å²) < 4.78 is 15.8. The molecule has 0 amide bonds. The van der Waals surface area contributed by atoms with Gasteiger partial charge in [-0.15, -0.1) is 0 Å².